The summed E-state index contributed by atoms with van der Waals surface area (Å²) in [6, 6.07) is 12.2. The van der Waals surface area contributed by atoms with E-state index in [1.807, 2.05) is 30.1 Å². The highest BCUT2D eigenvalue weighted by molar-refractivity contribution is 7.09. The van der Waals surface area contributed by atoms with Gasteiger partial charge < -0.3 is 5.32 Å². The predicted molar refractivity (Wildman–Crippen MR) is 94.4 cm³/mol. The third kappa shape index (κ3) is 4.97. The SMILES string of the molecule is CN(CC(=O)Nc1ccc(C(C)(C)C)cc1)Cc1cccs1. The standard InChI is InChI=1S/C18H24N2OS/c1-18(2,3)14-7-9-15(10-8-14)19-17(21)13-20(4)12-16-6-5-11-22-16/h5-11H,12-13H2,1-4H3,(H,19,21). The molecule has 22 heavy (non-hydrogen) atoms. The Labute approximate surface area is 137 Å². The number of amides is 1. The van der Waals surface area contributed by atoms with Crippen LogP contribution in [0.25, 0.3) is 0 Å². The van der Waals surface area contributed by atoms with Crippen LogP contribution in [-0.2, 0) is 16.8 Å². The van der Waals surface area contributed by atoms with E-state index in [2.05, 4.69) is 49.7 Å². The highest BCUT2D eigenvalue weighted by atomic mass is 32.1. The normalized spacial score (nSPS) is 11.7. The van der Waals surface area contributed by atoms with Crippen LogP contribution >= 0.6 is 11.3 Å². The van der Waals surface area contributed by atoms with Crippen LogP contribution in [0.4, 0.5) is 5.69 Å². The van der Waals surface area contributed by atoms with E-state index < -0.39 is 0 Å². The van der Waals surface area contributed by atoms with Crippen LogP contribution in [0.2, 0.25) is 0 Å². The molecule has 0 bridgehead atoms. The van der Waals surface area contributed by atoms with E-state index in [1.165, 1.54) is 10.4 Å². The maximum Gasteiger partial charge on any atom is 0.238 e. The molecular weight excluding hydrogens is 292 g/mol. The molecule has 1 heterocycles. The van der Waals surface area contributed by atoms with Crippen LogP contribution in [-0.4, -0.2) is 24.4 Å². The summed E-state index contributed by atoms with van der Waals surface area (Å²) in [6.45, 7) is 7.73. The van der Waals surface area contributed by atoms with Gasteiger partial charge in [-0.05, 0) is 41.6 Å². The molecule has 4 heteroatoms. The second-order valence-corrected chi connectivity index (χ2v) is 7.66. The first-order valence-corrected chi connectivity index (χ1v) is 8.34. The Bertz CT molecular complexity index is 597. The number of thiophene rings is 1. The molecule has 0 fully saturated rings. The molecule has 0 saturated heterocycles. The van der Waals surface area contributed by atoms with E-state index in [9.17, 15) is 4.79 Å². The molecule has 0 saturated carbocycles. The van der Waals surface area contributed by atoms with Gasteiger partial charge in [-0.1, -0.05) is 39.0 Å². The number of hydrogen-bond acceptors (Lipinski definition) is 3. The number of benzene rings is 1. The molecular formula is C18H24N2OS. The number of carbonyl (C=O) groups excluding carboxylic acids is 1. The zero-order valence-electron chi connectivity index (χ0n) is 13.7. The first-order chi connectivity index (χ1) is 10.3. The largest absolute Gasteiger partial charge is 0.325 e. The first-order valence-electron chi connectivity index (χ1n) is 7.46. The number of rotatable bonds is 5. The minimum atomic E-state index is 0.0163. The molecule has 0 aliphatic heterocycles. The fourth-order valence-electron chi connectivity index (χ4n) is 2.22. The van der Waals surface area contributed by atoms with E-state index in [4.69, 9.17) is 0 Å². The van der Waals surface area contributed by atoms with E-state index >= 15 is 0 Å². The van der Waals surface area contributed by atoms with Gasteiger partial charge in [-0.15, -0.1) is 11.3 Å². The second-order valence-electron chi connectivity index (χ2n) is 6.63. The number of nitrogens with zero attached hydrogens (tertiary/aromatic N) is 1. The van der Waals surface area contributed by atoms with Crippen molar-refractivity contribution in [2.75, 3.05) is 18.9 Å². The lowest BCUT2D eigenvalue weighted by Crippen LogP contribution is -2.29. The Balaban J connectivity index is 1.86. The Morgan fingerprint density at radius 3 is 2.41 bits per heavy atom. The van der Waals surface area contributed by atoms with E-state index in [1.54, 1.807) is 11.3 Å². The molecule has 2 aromatic rings. The molecule has 2 rings (SSSR count). The van der Waals surface area contributed by atoms with Gasteiger partial charge in [0, 0.05) is 17.1 Å². The van der Waals surface area contributed by atoms with Crippen molar-refractivity contribution in [3.8, 4) is 0 Å². The lowest BCUT2D eigenvalue weighted by molar-refractivity contribution is -0.117. The maximum absolute atomic E-state index is 12.1. The van der Waals surface area contributed by atoms with Crippen LogP contribution in [0.15, 0.2) is 41.8 Å². The summed E-state index contributed by atoms with van der Waals surface area (Å²) >= 11 is 1.71. The quantitative estimate of drug-likeness (QED) is 0.900. The van der Waals surface area contributed by atoms with Gasteiger partial charge in [0.2, 0.25) is 5.91 Å². The third-order valence-electron chi connectivity index (χ3n) is 3.45. The number of anilines is 1. The lowest BCUT2D eigenvalue weighted by atomic mass is 9.87. The van der Waals surface area contributed by atoms with Gasteiger partial charge >= 0.3 is 0 Å². The van der Waals surface area contributed by atoms with Gasteiger partial charge in [-0.3, -0.25) is 9.69 Å². The zero-order valence-corrected chi connectivity index (χ0v) is 14.5. The van der Waals surface area contributed by atoms with Crippen LogP contribution in [0.5, 0.6) is 0 Å². The number of hydrogen-bond donors (Lipinski definition) is 1. The Morgan fingerprint density at radius 1 is 1.18 bits per heavy atom. The van der Waals surface area contributed by atoms with Crippen molar-refractivity contribution < 1.29 is 4.79 Å². The summed E-state index contributed by atoms with van der Waals surface area (Å²) in [4.78, 5) is 15.4. The second kappa shape index (κ2) is 7.07. The van der Waals surface area contributed by atoms with Crippen molar-refractivity contribution in [3.63, 3.8) is 0 Å². The van der Waals surface area contributed by atoms with Crippen molar-refractivity contribution >= 4 is 22.9 Å². The fourth-order valence-corrected chi connectivity index (χ4v) is 3.01. The van der Waals surface area contributed by atoms with Gasteiger partial charge in [0.1, 0.15) is 0 Å². The van der Waals surface area contributed by atoms with Gasteiger partial charge in [-0.25, -0.2) is 0 Å². The van der Waals surface area contributed by atoms with Crippen molar-refractivity contribution in [2.24, 2.45) is 0 Å². The zero-order chi connectivity index (χ0) is 16.2. The predicted octanol–water partition coefficient (Wildman–Crippen LogP) is 4.12. The van der Waals surface area contributed by atoms with Crippen LogP contribution in [0.1, 0.15) is 31.2 Å². The van der Waals surface area contributed by atoms with Crippen molar-refractivity contribution in [2.45, 2.75) is 32.7 Å². The van der Waals surface area contributed by atoms with Gasteiger partial charge in [-0.2, -0.15) is 0 Å². The highest BCUT2D eigenvalue weighted by Gasteiger charge is 2.13. The lowest BCUT2D eigenvalue weighted by Gasteiger charge is -2.19. The molecule has 118 valence electrons. The van der Waals surface area contributed by atoms with Crippen LogP contribution < -0.4 is 5.32 Å². The van der Waals surface area contributed by atoms with E-state index in [-0.39, 0.29) is 11.3 Å². The average Bonchev–Trinajstić information content (AvgIpc) is 2.90. The molecule has 0 aliphatic carbocycles. The van der Waals surface area contributed by atoms with Crippen LogP contribution in [0, 0.1) is 0 Å². The Kier molecular flexibility index (Phi) is 5.37. The molecule has 0 radical (unpaired) electrons. The van der Waals surface area contributed by atoms with Crippen molar-refractivity contribution in [1.82, 2.24) is 4.90 Å². The number of likely N-dealkylation sites (N-methyl/N-ethyl adjacent to an activating group) is 1. The number of nitrogens with one attached hydrogen (secondary N) is 1. The highest BCUT2D eigenvalue weighted by Crippen LogP contribution is 2.23. The Morgan fingerprint density at radius 2 is 1.86 bits per heavy atom. The molecule has 1 aromatic carbocycles. The van der Waals surface area contributed by atoms with Crippen molar-refractivity contribution in [3.05, 3.63) is 52.2 Å². The molecule has 0 spiro atoms. The third-order valence-corrected chi connectivity index (χ3v) is 4.32. The fraction of sp³-hybridized carbons (Fsp3) is 0.389. The number of carbonyl (C=O) groups is 1. The minimum Gasteiger partial charge on any atom is -0.325 e. The summed E-state index contributed by atoms with van der Waals surface area (Å²) in [5.74, 6) is 0.0163. The first kappa shape index (κ1) is 16.7. The van der Waals surface area contributed by atoms with Crippen molar-refractivity contribution in [1.29, 1.82) is 0 Å². The summed E-state index contributed by atoms with van der Waals surface area (Å²) in [5, 5.41) is 5.01. The monoisotopic (exact) mass is 316 g/mol. The topological polar surface area (TPSA) is 32.3 Å². The summed E-state index contributed by atoms with van der Waals surface area (Å²) < 4.78 is 0. The minimum absolute atomic E-state index is 0.0163. The Hall–Kier alpha value is -1.65. The average molecular weight is 316 g/mol. The molecule has 0 aliphatic rings. The molecule has 1 N–H and O–H groups in total. The molecule has 1 aromatic heterocycles. The molecule has 0 unspecified atom stereocenters. The molecule has 0 atom stereocenters. The van der Waals surface area contributed by atoms with Gasteiger partial charge in [0.15, 0.2) is 0 Å². The smallest absolute Gasteiger partial charge is 0.238 e. The van der Waals surface area contributed by atoms with E-state index in [0.717, 1.165) is 12.2 Å². The summed E-state index contributed by atoms with van der Waals surface area (Å²) in [7, 11) is 1.96. The van der Waals surface area contributed by atoms with E-state index in [0.29, 0.717) is 6.54 Å². The van der Waals surface area contributed by atoms with Crippen LogP contribution in [0.3, 0.4) is 0 Å². The molecule has 1 amide bonds. The molecule has 3 nitrogen and oxygen atoms in total. The van der Waals surface area contributed by atoms with Gasteiger partial charge in [0.05, 0.1) is 6.54 Å². The van der Waals surface area contributed by atoms with Gasteiger partial charge in [0.25, 0.3) is 0 Å². The summed E-state index contributed by atoms with van der Waals surface area (Å²) in [6.07, 6.45) is 0. The summed E-state index contributed by atoms with van der Waals surface area (Å²) in [5.41, 5.74) is 2.24. The maximum atomic E-state index is 12.1.